The first kappa shape index (κ1) is 16.9. The number of carbonyl (C=O) groups excluding carboxylic acids is 1. The zero-order valence-electron chi connectivity index (χ0n) is 11.8. The molecule has 2 rings (SSSR count). The molecule has 1 amide bonds. The van der Waals surface area contributed by atoms with Gasteiger partial charge >= 0.3 is 0 Å². The summed E-state index contributed by atoms with van der Waals surface area (Å²) in [5.74, 6) is 0.149. The number of amides is 1. The number of halogens is 1. The van der Waals surface area contributed by atoms with Gasteiger partial charge in [0, 0.05) is 17.5 Å². The number of nitrogens with one attached hydrogen (secondary N) is 1. The van der Waals surface area contributed by atoms with Crippen LogP contribution in [0.1, 0.15) is 18.2 Å². The van der Waals surface area contributed by atoms with Crippen LogP contribution in [0, 0.1) is 0 Å². The van der Waals surface area contributed by atoms with E-state index in [2.05, 4.69) is 21.2 Å². The summed E-state index contributed by atoms with van der Waals surface area (Å²) in [4.78, 5) is 15.3. The molecule has 118 valence electrons. The normalized spacial score (nSPS) is 20.8. The summed E-state index contributed by atoms with van der Waals surface area (Å²) in [6, 6.07) is 3.81. The highest BCUT2D eigenvalue weighted by Gasteiger charge is 2.29. The molecule has 21 heavy (non-hydrogen) atoms. The van der Waals surface area contributed by atoms with E-state index in [-0.39, 0.29) is 23.5 Å². The van der Waals surface area contributed by atoms with Crippen molar-refractivity contribution in [2.75, 3.05) is 24.6 Å². The molecule has 1 aliphatic heterocycles. The summed E-state index contributed by atoms with van der Waals surface area (Å²) in [6.45, 7) is 3.80. The van der Waals surface area contributed by atoms with Crippen LogP contribution in [0.25, 0.3) is 0 Å². The molecular formula is C13H19BrN2O3S2. The Morgan fingerprint density at radius 1 is 1.52 bits per heavy atom. The highest BCUT2D eigenvalue weighted by molar-refractivity contribution is 9.11. The molecule has 1 aromatic rings. The SMILES string of the molecule is CCN(CC(=O)NC1CCS(=O)(=O)C1)Cc1ccc(Br)s1. The van der Waals surface area contributed by atoms with Gasteiger partial charge in [-0.25, -0.2) is 8.42 Å². The molecule has 1 N–H and O–H groups in total. The smallest absolute Gasteiger partial charge is 0.234 e. The summed E-state index contributed by atoms with van der Waals surface area (Å²) in [5, 5.41) is 2.82. The predicted octanol–water partition coefficient (Wildman–Crippen LogP) is 1.64. The monoisotopic (exact) mass is 394 g/mol. The lowest BCUT2D eigenvalue weighted by molar-refractivity contribution is -0.122. The minimum absolute atomic E-state index is 0.0722. The van der Waals surface area contributed by atoms with Gasteiger partial charge in [-0.2, -0.15) is 0 Å². The van der Waals surface area contributed by atoms with Gasteiger partial charge in [-0.3, -0.25) is 9.69 Å². The van der Waals surface area contributed by atoms with Crippen molar-refractivity contribution in [1.29, 1.82) is 0 Å². The van der Waals surface area contributed by atoms with Gasteiger partial charge in [0.1, 0.15) is 0 Å². The maximum atomic E-state index is 12.0. The lowest BCUT2D eigenvalue weighted by Gasteiger charge is -2.20. The van der Waals surface area contributed by atoms with Crippen molar-refractivity contribution < 1.29 is 13.2 Å². The van der Waals surface area contributed by atoms with E-state index < -0.39 is 9.84 Å². The molecule has 0 aromatic carbocycles. The molecule has 1 aromatic heterocycles. The molecule has 1 fully saturated rings. The Morgan fingerprint density at radius 3 is 2.81 bits per heavy atom. The molecule has 0 radical (unpaired) electrons. The second-order valence-electron chi connectivity index (χ2n) is 5.18. The van der Waals surface area contributed by atoms with Gasteiger partial charge in [0.15, 0.2) is 9.84 Å². The first-order valence-electron chi connectivity index (χ1n) is 6.84. The number of nitrogens with zero attached hydrogens (tertiary/aromatic N) is 1. The van der Waals surface area contributed by atoms with Crippen molar-refractivity contribution in [2.24, 2.45) is 0 Å². The van der Waals surface area contributed by atoms with Crippen LogP contribution < -0.4 is 5.32 Å². The quantitative estimate of drug-likeness (QED) is 0.795. The molecule has 0 aliphatic carbocycles. The summed E-state index contributed by atoms with van der Waals surface area (Å²) in [7, 11) is -2.95. The molecule has 0 spiro atoms. The zero-order valence-corrected chi connectivity index (χ0v) is 15.1. The number of thiophene rings is 1. The van der Waals surface area contributed by atoms with Gasteiger partial charge in [0.2, 0.25) is 5.91 Å². The van der Waals surface area contributed by atoms with Gasteiger partial charge in [0.05, 0.1) is 21.8 Å². The van der Waals surface area contributed by atoms with E-state index in [0.29, 0.717) is 13.0 Å². The molecule has 5 nitrogen and oxygen atoms in total. The Morgan fingerprint density at radius 2 is 2.29 bits per heavy atom. The first-order chi connectivity index (χ1) is 9.88. The fraction of sp³-hybridized carbons (Fsp3) is 0.615. The van der Waals surface area contributed by atoms with Gasteiger partial charge in [0.25, 0.3) is 0 Å². The van der Waals surface area contributed by atoms with E-state index >= 15 is 0 Å². The van der Waals surface area contributed by atoms with Crippen LogP contribution in [-0.2, 0) is 21.2 Å². The summed E-state index contributed by atoms with van der Waals surface area (Å²) >= 11 is 5.08. The Bertz CT molecular complexity index is 600. The standard InChI is InChI=1S/C13H19BrN2O3S2/c1-2-16(7-11-3-4-12(14)20-11)8-13(17)15-10-5-6-21(18,19)9-10/h3-4,10H,2,5-9H2,1H3,(H,15,17). The lowest BCUT2D eigenvalue weighted by Crippen LogP contribution is -2.42. The van der Waals surface area contributed by atoms with Gasteiger partial charge < -0.3 is 5.32 Å². The van der Waals surface area contributed by atoms with E-state index in [9.17, 15) is 13.2 Å². The van der Waals surface area contributed by atoms with Gasteiger partial charge in [-0.15, -0.1) is 11.3 Å². The molecule has 1 atom stereocenters. The number of rotatable bonds is 6. The molecule has 8 heteroatoms. The molecule has 0 bridgehead atoms. The molecule has 1 saturated heterocycles. The van der Waals surface area contributed by atoms with Crippen molar-refractivity contribution in [1.82, 2.24) is 10.2 Å². The largest absolute Gasteiger partial charge is 0.351 e. The third-order valence-electron chi connectivity index (χ3n) is 3.42. The molecule has 1 aliphatic rings. The van der Waals surface area contributed by atoms with E-state index in [0.717, 1.165) is 16.9 Å². The van der Waals surface area contributed by atoms with Crippen LogP contribution in [0.3, 0.4) is 0 Å². The highest BCUT2D eigenvalue weighted by Crippen LogP contribution is 2.23. The lowest BCUT2D eigenvalue weighted by atomic mass is 10.2. The minimum Gasteiger partial charge on any atom is -0.351 e. The van der Waals surface area contributed by atoms with Crippen molar-refractivity contribution >= 4 is 43.0 Å². The van der Waals surface area contributed by atoms with Crippen molar-refractivity contribution in [3.05, 3.63) is 20.8 Å². The Balaban J connectivity index is 1.82. The van der Waals surface area contributed by atoms with Crippen molar-refractivity contribution in [3.63, 3.8) is 0 Å². The Kier molecular flexibility index (Phi) is 5.81. The van der Waals surface area contributed by atoms with Crippen LogP contribution >= 0.6 is 27.3 Å². The summed E-state index contributed by atoms with van der Waals surface area (Å²) in [6.07, 6.45) is 0.526. The number of carbonyl (C=O) groups is 1. The van der Waals surface area contributed by atoms with Crippen LogP contribution in [0.15, 0.2) is 15.9 Å². The minimum atomic E-state index is -2.95. The molecular weight excluding hydrogens is 376 g/mol. The van der Waals surface area contributed by atoms with E-state index in [1.807, 2.05) is 24.0 Å². The maximum absolute atomic E-state index is 12.0. The number of hydrogen-bond acceptors (Lipinski definition) is 5. The van der Waals surface area contributed by atoms with Crippen molar-refractivity contribution in [3.8, 4) is 0 Å². The van der Waals surface area contributed by atoms with Crippen LogP contribution in [0.4, 0.5) is 0 Å². The third-order valence-corrected chi connectivity index (χ3v) is 6.80. The molecule has 2 heterocycles. The van der Waals surface area contributed by atoms with Crippen molar-refractivity contribution in [2.45, 2.75) is 25.9 Å². The van der Waals surface area contributed by atoms with Gasteiger partial charge in [-0.1, -0.05) is 6.92 Å². The maximum Gasteiger partial charge on any atom is 0.234 e. The van der Waals surface area contributed by atoms with E-state index in [1.165, 1.54) is 4.88 Å². The predicted molar refractivity (Wildman–Crippen MR) is 88.2 cm³/mol. The Labute approximate surface area is 137 Å². The summed E-state index contributed by atoms with van der Waals surface area (Å²) in [5.41, 5.74) is 0. The second-order valence-corrected chi connectivity index (χ2v) is 9.95. The average Bonchev–Trinajstić information content (AvgIpc) is 2.94. The fourth-order valence-corrected chi connectivity index (χ4v) is 5.52. The second kappa shape index (κ2) is 7.21. The van der Waals surface area contributed by atoms with Gasteiger partial charge in [-0.05, 0) is 41.0 Å². The van der Waals surface area contributed by atoms with Crippen LogP contribution in [-0.4, -0.2) is 49.9 Å². The first-order valence-corrected chi connectivity index (χ1v) is 10.3. The third kappa shape index (κ3) is 5.36. The fourth-order valence-electron chi connectivity index (χ4n) is 2.32. The molecule has 0 saturated carbocycles. The highest BCUT2D eigenvalue weighted by atomic mass is 79.9. The molecule has 1 unspecified atom stereocenters. The van der Waals surface area contributed by atoms with Crippen LogP contribution in [0.5, 0.6) is 0 Å². The van der Waals surface area contributed by atoms with E-state index in [4.69, 9.17) is 0 Å². The summed E-state index contributed by atoms with van der Waals surface area (Å²) < 4.78 is 23.8. The number of likely N-dealkylation sites (N-methyl/N-ethyl adjacent to an activating group) is 1. The van der Waals surface area contributed by atoms with Crippen LogP contribution in [0.2, 0.25) is 0 Å². The number of sulfone groups is 1. The topological polar surface area (TPSA) is 66.5 Å². The zero-order chi connectivity index (χ0) is 15.5. The average molecular weight is 395 g/mol. The number of hydrogen-bond donors (Lipinski definition) is 1. The van der Waals surface area contributed by atoms with E-state index in [1.54, 1.807) is 11.3 Å². The Hall–Kier alpha value is -0.440.